The summed E-state index contributed by atoms with van der Waals surface area (Å²) in [6, 6.07) is 10.0. The van der Waals surface area contributed by atoms with Crippen molar-refractivity contribution >= 4 is 29.3 Å². The lowest BCUT2D eigenvalue weighted by molar-refractivity contribution is -0.113. The number of carbonyl (C=O) groups excluding carboxylic acids is 2. The normalized spacial score (nSPS) is 10.5. The lowest BCUT2D eigenvalue weighted by Crippen LogP contribution is -2.14. The Morgan fingerprint density at radius 1 is 1.27 bits per heavy atom. The molecule has 3 aromatic rings. The molecule has 0 aliphatic carbocycles. The number of nitrogens with zero attached hydrogens (tertiary/aromatic N) is 2. The zero-order valence-corrected chi connectivity index (χ0v) is 14.7. The molecule has 0 spiro atoms. The fourth-order valence-electron chi connectivity index (χ4n) is 2.07. The van der Waals surface area contributed by atoms with Gasteiger partial charge < -0.3 is 14.5 Å². The van der Waals surface area contributed by atoms with Gasteiger partial charge in [-0.3, -0.25) is 9.89 Å². The summed E-state index contributed by atoms with van der Waals surface area (Å²) in [5.74, 6) is 0.638. The lowest BCUT2D eigenvalue weighted by Gasteiger charge is -2.05. The average molecular weight is 372 g/mol. The molecule has 9 heteroatoms. The number of esters is 1. The fourth-order valence-corrected chi connectivity index (χ4v) is 2.66. The van der Waals surface area contributed by atoms with Crippen LogP contribution >= 0.6 is 11.8 Å². The predicted molar refractivity (Wildman–Crippen MR) is 95.8 cm³/mol. The van der Waals surface area contributed by atoms with Crippen LogP contribution in [0.25, 0.3) is 11.6 Å². The van der Waals surface area contributed by atoms with E-state index in [2.05, 4.69) is 20.5 Å². The van der Waals surface area contributed by atoms with Gasteiger partial charge in [0.2, 0.25) is 11.1 Å². The van der Waals surface area contributed by atoms with Gasteiger partial charge in [-0.15, -0.1) is 5.10 Å². The Morgan fingerprint density at radius 2 is 2.08 bits per heavy atom. The number of hydrogen-bond acceptors (Lipinski definition) is 7. The Morgan fingerprint density at radius 3 is 2.77 bits per heavy atom. The smallest absolute Gasteiger partial charge is 0.338 e. The monoisotopic (exact) mass is 372 g/mol. The Kier molecular flexibility index (Phi) is 5.69. The first kappa shape index (κ1) is 17.7. The summed E-state index contributed by atoms with van der Waals surface area (Å²) in [4.78, 5) is 27.9. The van der Waals surface area contributed by atoms with Gasteiger partial charge >= 0.3 is 5.97 Å². The maximum Gasteiger partial charge on any atom is 0.338 e. The molecule has 0 unspecified atom stereocenters. The highest BCUT2D eigenvalue weighted by molar-refractivity contribution is 7.99. The molecule has 1 amide bonds. The first-order chi connectivity index (χ1) is 12.7. The number of aromatic amines is 1. The van der Waals surface area contributed by atoms with Gasteiger partial charge in [0.15, 0.2) is 11.6 Å². The van der Waals surface area contributed by atoms with E-state index in [1.54, 1.807) is 49.6 Å². The molecule has 0 saturated heterocycles. The number of nitrogens with one attached hydrogen (secondary N) is 2. The third-order valence-electron chi connectivity index (χ3n) is 3.23. The van der Waals surface area contributed by atoms with Crippen LogP contribution in [0.1, 0.15) is 17.3 Å². The van der Waals surface area contributed by atoms with E-state index in [0.29, 0.717) is 34.6 Å². The van der Waals surface area contributed by atoms with Crippen LogP contribution in [0.3, 0.4) is 0 Å². The lowest BCUT2D eigenvalue weighted by atomic mass is 10.2. The highest BCUT2D eigenvalue weighted by Crippen LogP contribution is 2.19. The number of ether oxygens (including phenoxy) is 1. The highest BCUT2D eigenvalue weighted by Gasteiger charge is 2.11. The van der Waals surface area contributed by atoms with Crippen LogP contribution in [0.2, 0.25) is 0 Å². The van der Waals surface area contributed by atoms with Crippen molar-refractivity contribution in [1.29, 1.82) is 0 Å². The topological polar surface area (TPSA) is 110 Å². The molecule has 1 aromatic carbocycles. The van der Waals surface area contributed by atoms with E-state index in [0.717, 1.165) is 0 Å². The highest BCUT2D eigenvalue weighted by atomic mass is 32.2. The summed E-state index contributed by atoms with van der Waals surface area (Å²) in [7, 11) is 0. The second kappa shape index (κ2) is 8.34. The number of aromatic nitrogens is 3. The minimum Gasteiger partial charge on any atom is -0.462 e. The molecule has 0 fully saturated rings. The number of amides is 1. The number of rotatable bonds is 7. The summed E-state index contributed by atoms with van der Waals surface area (Å²) in [6.45, 7) is 2.06. The first-order valence-electron chi connectivity index (χ1n) is 7.82. The number of benzene rings is 1. The molecule has 2 N–H and O–H groups in total. The van der Waals surface area contributed by atoms with Crippen LogP contribution in [0, 0.1) is 0 Å². The van der Waals surface area contributed by atoms with Gasteiger partial charge in [0, 0.05) is 5.69 Å². The Balaban J connectivity index is 1.50. The minimum absolute atomic E-state index is 0.148. The molecule has 8 nitrogen and oxygen atoms in total. The summed E-state index contributed by atoms with van der Waals surface area (Å²) in [5, 5.41) is 9.99. The standard InChI is InChI=1S/C17H16N4O4S/c1-2-24-16(23)11-5-7-12(8-6-11)18-14(22)10-26-17-19-15(20-21-17)13-4-3-9-25-13/h3-9H,2,10H2,1H3,(H,18,22)(H,19,20,21). The van der Waals surface area contributed by atoms with E-state index in [4.69, 9.17) is 9.15 Å². The van der Waals surface area contributed by atoms with E-state index in [-0.39, 0.29) is 11.7 Å². The number of thioether (sulfide) groups is 1. The molecule has 0 aliphatic rings. The molecule has 0 radical (unpaired) electrons. The van der Waals surface area contributed by atoms with Gasteiger partial charge in [0.1, 0.15) is 0 Å². The van der Waals surface area contributed by atoms with Crippen LogP contribution < -0.4 is 5.32 Å². The quantitative estimate of drug-likeness (QED) is 0.484. The Hall–Kier alpha value is -3.07. The van der Waals surface area contributed by atoms with E-state index >= 15 is 0 Å². The molecule has 2 heterocycles. The van der Waals surface area contributed by atoms with Gasteiger partial charge in [-0.2, -0.15) is 4.98 Å². The molecule has 3 rings (SSSR count). The molecular weight excluding hydrogens is 356 g/mol. The van der Waals surface area contributed by atoms with Crippen LogP contribution in [0.5, 0.6) is 0 Å². The molecule has 134 valence electrons. The van der Waals surface area contributed by atoms with Gasteiger partial charge in [0.05, 0.1) is 24.2 Å². The molecular formula is C17H16N4O4S. The van der Waals surface area contributed by atoms with Gasteiger partial charge in [0.25, 0.3) is 0 Å². The van der Waals surface area contributed by atoms with Crippen molar-refractivity contribution in [1.82, 2.24) is 15.2 Å². The number of carbonyl (C=O) groups is 2. The Labute approximate surface area is 153 Å². The van der Waals surface area contributed by atoms with Crippen molar-refractivity contribution in [2.24, 2.45) is 0 Å². The summed E-state index contributed by atoms with van der Waals surface area (Å²) >= 11 is 1.20. The fraction of sp³-hybridized carbons (Fsp3) is 0.176. The van der Waals surface area contributed by atoms with Gasteiger partial charge in [-0.25, -0.2) is 4.79 Å². The van der Waals surface area contributed by atoms with Crippen LogP contribution in [-0.4, -0.2) is 39.4 Å². The third-order valence-corrected chi connectivity index (χ3v) is 4.08. The number of hydrogen-bond donors (Lipinski definition) is 2. The second-order valence-corrected chi connectivity index (χ2v) is 6.02. The summed E-state index contributed by atoms with van der Waals surface area (Å²) in [6.07, 6.45) is 1.55. The SMILES string of the molecule is CCOC(=O)c1ccc(NC(=O)CSc2n[nH]c(-c3ccco3)n2)cc1. The van der Waals surface area contributed by atoms with Crippen molar-refractivity contribution < 1.29 is 18.7 Å². The van der Waals surface area contributed by atoms with Crippen molar-refractivity contribution in [3.63, 3.8) is 0 Å². The second-order valence-electron chi connectivity index (χ2n) is 5.08. The third kappa shape index (κ3) is 4.51. The molecule has 0 bridgehead atoms. The minimum atomic E-state index is -0.391. The van der Waals surface area contributed by atoms with Crippen molar-refractivity contribution in [2.75, 3.05) is 17.7 Å². The zero-order valence-electron chi connectivity index (χ0n) is 13.9. The number of furan rings is 1. The predicted octanol–water partition coefficient (Wildman–Crippen LogP) is 2.97. The van der Waals surface area contributed by atoms with Crippen molar-refractivity contribution in [3.05, 3.63) is 48.2 Å². The van der Waals surface area contributed by atoms with Crippen molar-refractivity contribution in [2.45, 2.75) is 12.1 Å². The maximum atomic E-state index is 12.0. The molecule has 0 saturated carbocycles. The molecule has 26 heavy (non-hydrogen) atoms. The largest absolute Gasteiger partial charge is 0.462 e. The van der Waals surface area contributed by atoms with Crippen molar-refractivity contribution in [3.8, 4) is 11.6 Å². The summed E-state index contributed by atoms with van der Waals surface area (Å²) in [5.41, 5.74) is 1.03. The van der Waals surface area contributed by atoms with E-state index < -0.39 is 5.97 Å². The van der Waals surface area contributed by atoms with Crippen LogP contribution in [0.4, 0.5) is 5.69 Å². The number of H-pyrrole nitrogens is 1. The molecule has 2 aromatic heterocycles. The maximum absolute atomic E-state index is 12.0. The average Bonchev–Trinajstić information content (AvgIpc) is 3.32. The van der Waals surface area contributed by atoms with E-state index in [9.17, 15) is 9.59 Å². The first-order valence-corrected chi connectivity index (χ1v) is 8.80. The summed E-state index contributed by atoms with van der Waals surface area (Å²) < 4.78 is 10.1. The van der Waals surface area contributed by atoms with Crippen LogP contribution in [0.15, 0.2) is 52.2 Å². The van der Waals surface area contributed by atoms with E-state index in [1.807, 2.05) is 0 Å². The van der Waals surface area contributed by atoms with Gasteiger partial charge in [-0.1, -0.05) is 11.8 Å². The number of anilines is 1. The van der Waals surface area contributed by atoms with Crippen LogP contribution in [-0.2, 0) is 9.53 Å². The Bertz CT molecular complexity index is 875. The van der Waals surface area contributed by atoms with E-state index in [1.165, 1.54) is 11.8 Å². The van der Waals surface area contributed by atoms with Gasteiger partial charge in [-0.05, 0) is 43.3 Å². The molecule has 0 atom stereocenters. The zero-order chi connectivity index (χ0) is 18.4. The molecule has 0 aliphatic heterocycles.